The molecule has 0 spiro atoms. The summed E-state index contributed by atoms with van der Waals surface area (Å²) in [4.78, 5) is 12.3. The maximum absolute atomic E-state index is 11.1. The molecule has 0 saturated carbocycles. The lowest BCUT2D eigenvalue weighted by Gasteiger charge is -2.07. The molecule has 0 aliphatic carbocycles. The second-order valence-electron chi connectivity index (χ2n) is 3.87. The van der Waals surface area contributed by atoms with Gasteiger partial charge in [0.1, 0.15) is 0 Å². The number of carbonyl (C=O) groups excluding carboxylic acids is 1. The highest BCUT2D eigenvalue weighted by Crippen LogP contribution is 2.21. The Hall–Kier alpha value is -1.72. The fourth-order valence-corrected chi connectivity index (χ4v) is 2.51. The van der Waals surface area contributed by atoms with Gasteiger partial charge < -0.3 is 16.0 Å². The number of hydrogen-bond acceptors (Lipinski definition) is 3. The molecule has 1 heterocycles. The van der Waals surface area contributed by atoms with Crippen LogP contribution in [-0.4, -0.2) is 13.1 Å². The number of carbonyl (C=O) groups is 1. The van der Waals surface area contributed by atoms with Crippen LogP contribution in [0.3, 0.4) is 0 Å². The molecule has 2 aromatic rings. The molecule has 0 bridgehead atoms. The molecule has 0 atom stereocenters. The normalized spacial score (nSPS) is 10.0. The molecule has 0 radical (unpaired) electrons. The number of urea groups is 1. The zero-order chi connectivity index (χ0) is 13.7. The Morgan fingerprint density at radius 1 is 1.26 bits per heavy atom. The SMILES string of the molecule is CNC(=O)Nc1ccc(NCc2cc(Cl)cs2)cc1. The fourth-order valence-electron chi connectivity index (χ4n) is 1.50. The summed E-state index contributed by atoms with van der Waals surface area (Å²) in [5, 5.41) is 11.2. The van der Waals surface area contributed by atoms with Crippen molar-refractivity contribution >= 4 is 40.3 Å². The van der Waals surface area contributed by atoms with Crippen LogP contribution in [0, 0.1) is 0 Å². The third kappa shape index (κ3) is 4.15. The van der Waals surface area contributed by atoms with Crippen LogP contribution in [-0.2, 0) is 6.54 Å². The molecule has 2 amide bonds. The van der Waals surface area contributed by atoms with E-state index in [0.717, 1.165) is 22.9 Å². The van der Waals surface area contributed by atoms with Crippen molar-refractivity contribution in [3.63, 3.8) is 0 Å². The van der Waals surface area contributed by atoms with Crippen LogP contribution in [0.1, 0.15) is 4.88 Å². The third-order valence-electron chi connectivity index (χ3n) is 2.46. The van der Waals surface area contributed by atoms with Crippen LogP contribution in [0.25, 0.3) is 0 Å². The average molecular weight is 296 g/mol. The first-order valence-corrected chi connectivity index (χ1v) is 6.99. The summed E-state index contributed by atoms with van der Waals surface area (Å²) in [6.07, 6.45) is 0. The number of hydrogen-bond donors (Lipinski definition) is 3. The van der Waals surface area contributed by atoms with E-state index in [4.69, 9.17) is 11.6 Å². The van der Waals surface area contributed by atoms with Crippen molar-refractivity contribution in [3.8, 4) is 0 Å². The lowest BCUT2D eigenvalue weighted by molar-refractivity contribution is 0.254. The molecule has 0 fully saturated rings. The van der Waals surface area contributed by atoms with Gasteiger partial charge in [0.15, 0.2) is 0 Å². The Morgan fingerprint density at radius 2 is 1.95 bits per heavy atom. The van der Waals surface area contributed by atoms with Crippen molar-refractivity contribution in [2.24, 2.45) is 0 Å². The molecule has 4 nitrogen and oxygen atoms in total. The summed E-state index contributed by atoms with van der Waals surface area (Å²) in [6, 6.07) is 9.24. The topological polar surface area (TPSA) is 53.2 Å². The molecule has 0 aliphatic rings. The molecular formula is C13H14ClN3OS. The molecule has 1 aromatic heterocycles. The van der Waals surface area contributed by atoms with Gasteiger partial charge in [-0.2, -0.15) is 0 Å². The van der Waals surface area contributed by atoms with Gasteiger partial charge in [0.05, 0.1) is 5.02 Å². The average Bonchev–Trinajstić information content (AvgIpc) is 2.83. The standard InChI is InChI=1S/C13H14ClN3OS/c1-15-13(18)17-11-4-2-10(3-5-11)16-7-12-6-9(14)8-19-12/h2-6,8,16H,7H2,1H3,(H2,15,17,18). The maximum Gasteiger partial charge on any atom is 0.318 e. The predicted molar refractivity (Wildman–Crippen MR) is 81.2 cm³/mol. The fraction of sp³-hybridized carbons (Fsp3) is 0.154. The van der Waals surface area contributed by atoms with Crippen LogP contribution in [0.15, 0.2) is 35.7 Å². The summed E-state index contributed by atoms with van der Waals surface area (Å²) in [6.45, 7) is 0.736. The third-order valence-corrected chi connectivity index (χ3v) is 3.74. The smallest absolute Gasteiger partial charge is 0.318 e. The van der Waals surface area contributed by atoms with Crippen LogP contribution < -0.4 is 16.0 Å². The van der Waals surface area contributed by atoms with Crippen LogP contribution in [0.4, 0.5) is 16.2 Å². The van der Waals surface area contributed by atoms with Gasteiger partial charge in [0, 0.05) is 35.2 Å². The molecule has 2 rings (SSSR count). The van der Waals surface area contributed by atoms with Crippen molar-refractivity contribution in [2.75, 3.05) is 17.7 Å². The van der Waals surface area contributed by atoms with Gasteiger partial charge in [0.25, 0.3) is 0 Å². The van der Waals surface area contributed by atoms with E-state index >= 15 is 0 Å². The van der Waals surface area contributed by atoms with Gasteiger partial charge in [-0.15, -0.1) is 11.3 Å². The molecular weight excluding hydrogens is 282 g/mol. The van der Waals surface area contributed by atoms with Gasteiger partial charge in [-0.25, -0.2) is 4.79 Å². The first kappa shape index (κ1) is 13.7. The summed E-state index contributed by atoms with van der Waals surface area (Å²) in [5.41, 5.74) is 1.75. The molecule has 0 aliphatic heterocycles. The van der Waals surface area contributed by atoms with E-state index in [1.54, 1.807) is 18.4 Å². The largest absolute Gasteiger partial charge is 0.380 e. The summed E-state index contributed by atoms with van der Waals surface area (Å²) >= 11 is 7.49. The number of benzene rings is 1. The highest BCUT2D eigenvalue weighted by atomic mass is 35.5. The zero-order valence-electron chi connectivity index (χ0n) is 10.4. The van der Waals surface area contributed by atoms with Crippen LogP contribution >= 0.6 is 22.9 Å². The van der Waals surface area contributed by atoms with Crippen LogP contribution in [0.2, 0.25) is 5.02 Å². The van der Waals surface area contributed by atoms with E-state index in [1.165, 1.54) is 4.88 Å². The highest BCUT2D eigenvalue weighted by molar-refractivity contribution is 7.10. The summed E-state index contributed by atoms with van der Waals surface area (Å²) in [5.74, 6) is 0. The monoisotopic (exact) mass is 295 g/mol. The minimum Gasteiger partial charge on any atom is -0.380 e. The van der Waals surface area contributed by atoms with Gasteiger partial charge in [-0.3, -0.25) is 0 Å². The lowest BCUT2D eigenvalue weighted by atomic mass is 10.3. The molecule has 0 saturated heterocycles. The van der Waals surface area contributed by atoms with Crippen molar-refractivity contribution in [1.82, 2.24) is 5.32 Å². The Labute approximate surface area is 120 Å². The van der Waals surface area contributed by atoms with Gasteiger partial charge >= 0.3 is 6.03 Å². The Morgan fingerprint density at radius 3 is 2.53 bits per heavy atom. The van der Waals surface area contributed by atoms with E-state index < -0.39 is 0 Å². The minimum atomic E-state index is -0.228. The van der Waals surface area contributed by atoms with E-state index in [-0.39, 0.29) is 6.03 Å². The van der Waals surface area contributed by atoms with Gasteiger partial charge in [-0.1, -0.05) is 11.6 Å². The van der Waals surface area contributed by atoms with Gasteiger partial charge in [0.2, 0.25) is 0 Å². The molecule has 0 unspecified atom stereocenters. The van der Waals surface area contributed by atoms with E-state index in [1.807, 2.05) is 35.7 Å². The lowest BCUT2D eigenvalue weighted by Crippen LogP contribution is -2.24. The molecule has 100 valence electrons. The minimum absolute atomic E-state index is 0.228. The molecule has 1 aromatic carbocycles. The number of halogens is 1. The Balaban J connectivity index is 1.89. The molecule has 19 heavy (non-hydrogen) atoms. The number of nitrogens with one attached hydrogen (secondary N) is 3. The van der Waals surface area contributed by atoms with Crippen molar-refractivity contribution in [1.29, 1.82) is 0 Å². The highest BCUT2D eigenvalue weighted by Gasteiger charge is 2.00. The zero-order valence-corrected chi connectivity index (χ0v) is 11.9. The van der Waals surface area contributed by atoms with E-state index in [2.05, 4.69) is 16.0 Å². The predicted octanol–water partition coefficient (Wildman–Crippen LogP) is 3.76. The van der Waals surface area contributed by atoms with Crippen molar-refractivity contribution < 1.29 is 4.79 Å². The second-order valence-corrected chi connectivity index (χ2v) is 5.30. The van der Waals surface area contributed by atoms with E-state index in [9.17, 15) is 4.79 Å². The second kappa shape index (κ2) is 6.45. The number of anilines is 2. The Kier molecular flexibility index (Phi) is 4.65. The summed E-state index contributed by atoms with van der Waals surface area (Å²) in [7, 11) is 1.58. The molecule has 6 heteroatoms. The maximum atomic E-state index is 11.1. The Bertz CT molecular complexity index is 553. The summed E-state index contributed by atoms with van der Waals surface area (Å²) < 4.78 is 0. The van der Waals surface area contributed by atoms with Crippen molar-refractivity contribution in [3.05, 3.63) is 45.6 Å². The first-order chi connectivity index (χ1) is 9.17. The quantitative estimate of drug-likeness (QED) is 0.804. The van der Waals surface area contributed by atoms with Crippen molar-refractivity contribution in [2.45, 2.75) is 6.54 Å². The van der Waals surface area contributed by atoms with E-state index in [0.29, 0.717) is 0 Å². The van der Waals surface area contributed by atoms with Crippen LogP contribution in [0.5, 0.6) is 0 Å². The number of thiophene rings is 1. The first-order valence-electron chi connectivity index (χ1n) is 5.73. The number of rotatable bonds is 4. The van der Waals surface area contributed by atoms with Gasteiger partial charge in [-0.05, 0) is 30.3 Å². The molecule has 3 N–H and O–H groups in total. The number of amides is 2.